The number of halogens is 1. The first-order valence-corrected chi connectivity index (χ1v) is 5.30. The predicted molar refractivity (Wildman–Crippen MR) is 62.4 cm³/mol. The fourth-order valence-electron chi connectivity index (χ4n) is 1.58. The van der Waals surface area contributed by atoms with E-state index in [1.807, 2.05) is 19.1 Å². The number of rotatable bonds is 5. The van der Waals surface area contributed by atoms with Crippen LogP contribution >= 0.6 is 0 Å². The molecule has 82 valence electrons. The summed E-state index contributed by atoms with van der Waals surface area (Å²) in [4.78, 5) is 0. The SMILES string of the molecule is C=CC(NCCC)c1cc(C)cc(F)c1. The second-order valence-electron chi connectivity index (χ2n) is 3.73. The Bertz CT molecular complexity index is 313. The summed E-state index contributed by atoms with van der Waals surface area (Å²) in [7, 11) is 0. The molecule has 1 aromatic carbocycles. The molecule has 0 fully saturated rings. The fraction of sp³-hybridized carbons (Fsp3) is 0.385. The summed E-state index contributed by atoms with van der Waals surface area (Å²) in [6.45, 7) is 8.67. The quantitative estimate of drug-likeness (QED) is 0.730. The van der Waals surface area contributed by atoms with Crippen molar-refractivity contribution in [2.45, 2.75) is 26.3 Å². The fourth-order valence-corrected chi connectivity index (χ4v) is 1.58. The summed E-state index contributed by atoms with van der Waals surface area (Å²) in [5.41, 5.74) is 1.88. The van der Waals surface area contributed by atoms with Crippen molar-refractivity contribution in [3.05, 3.63) is 47.8 Å². The minimum atomic E-state index is -0.185. The molecule has 0 radical (unpaired) electrons. The Balaban J connectivity index is 2.86. The largest absolute Gasteiger partial charge is 0.307 e. The minimum Gasteiger partial charge on any atom is -0.307 e. The number of aryl methyl sites for hydroxylation is 1. The van der Waals surface area contributed by atoms with Crippen molar-refractivity contribution in [3.8, 4) is 0 Å². The molecule has 1 atom stereocenters. The third kappa shape index (κ3) is 3.48. The first kappa shape index (κ1) is 11.9. The Morgan fingerprint density at radius 1 is 1.47 bits per heavy atom. The summed E-state index contributed by atoms with van der Waals surface area (Å²) in [6.07, 6.45) is 2.86. The van der Waals surface area contributed by atoms with Crippen LogP contribution in [0.1, 0.15) is 30.5 Å². The van der Waals surface area contributed by atoms with Gasteiger partial charge in [0.2, 0.25) is 0 Å². The van der Waals surface area contributed by atoms with Crippen LogP contribution < -0.4 is 5.32 Å². The molecular formula is C13H18FN. The zero-order chi connectivity index (χ0) is 11.3. The normalized spacial score (nSPS) is 12.5. The molecule has 0 heterocycles. The smallest absolute Gasteiger partial charge is 0.123 e. The Morgan fingerprint density at radius 3 is 2.73 bits per heavy atom. The molecule has 1 aromatic rings. The number of hydrogen-bond donors (Lipinski definition) is 1. The standard InChI is InChI=1S/C13H18FN/c1-4-6-15-13(5-2)11-7-10(3)8-12(14)9-11/h5,7-9,13,15H,2,4,6H2,1,3H3. The van der Waals surface area contributed by atoms with Crippen LogP contribution in [0.2, 0.25) is 0 Å². The highest BCUT2D eigenvalue weighted by Gasteiger charge is 2.07. The van der Waals surface area contributed by atoms with E-state index in [1.165, 1.54) is 6.07 Å². The highest BCUT2D eigenvalue weighted by molar-refractivity contribution is 5.28. The molecule has 0 amide bonds. The van der Waals surface area contributed by atoms with E-state index < -0.39 is 0 Å². The molecule has 1 rings (SSSR count). The van der Waals surface area contributed by atoms with Crippen LogP contribution in [0.5, 0.6) is 0 Å². The molecule has 0 spiro atoms. The topological polar surface area (TPSA) is 12.0 Å². The molecule has 0 aromatic heterocycles. The monoisotopic (exact) mass is 207 g/mol. The van der Waals surface area contributed by atoms with E-state index in [9.17, 15) is 4.39 Å². The van der Waals surface area contributed by atoms with Gasteiger partial charge in [0.25, 0.3) is 0 Å². The van der Waals surface area contributed by atoms with E-state index in [1.54, 1.807) is 6.07 Å². The van der Waals surface area contributed by atoms with Crippen LogP contribution in [0.25, 0.3) is 0 Å². The lowest BCUT2D eigenvalue weighted by Gasteiger charge is -2.15. The van der Waals surface area contributed by atoms with Crippen molar-refractivity contribution >= 4 is 0 Å². The molecule has 2 heteroatoms. The van der Waals surface area contributed by atoms with Gasteiger partial charge in [-0.3, -0.25) is 0 Å². The van der Waals surface area contributed by atoms with Crippen LogP contribution in [0.15, 0.2) is 30.9 Å². The Labute approximate surface area is 91.0 Å². The van der Waals surface area contributed by atoms with Gasteiger partial charge in [0.1, 0.15) is 5.82 Å². The Kier molecular flexibility index (Phi) is 4.50. The highest BCUT2D eigenvalue weighted by atomic mass is 19.1. The Morgan fingerprint density at radius 2 is 2.20 bits per heavy atom. The minimum absolute atomic E-state index is 0.0411. The first-order valence-electron chi connectivity index (χ1n) is 5.30. The Hall–Kier alpha value is -1.15. The lowest BCUT2D eigenvalue weighted by atomic mass is 10.0. The number of nitrogens with one attached hydrogen (secondary N) is 1. The lowest BCUT2D eigenvalue weighted by molar-refractivity contribution is 0.595. The average molecular weight is 207 g/mol. The van der Waals surface area contributed by atoms with Crippen LogP contribution in [0, 0.1) is 12.7 Å². The molecular weight excluding hydrogens is 189 g/mol. The highest BCUT2D eigenvalue weighted by Crippen LogP contribution is 2.17. The van der Waals surface area contributed by atoms with Crippen LogP contribution in [-0.4, -0.2) is 6.54 Å². The third-order valence-electron chi connectivity index (χ3n) is 2.27. The van der Waals surface area contributed by atoms with Gasteiger partial charge in [-0.1, -0.05) is 19.1 Å². The second-order valence-corrected chi connectivity index (χ2v) is 3.73. The van der Waals surface area contributed by atoms with Gasteiger partial charge in [-0.05, 0) is 43.1 Å². The van der Waals surface area contributed by atoms with Crippen molar-refractivity contribution < 1.29 is 4.39 Å². The summed E-state index contributed by atoms with van der Waals surface area (Å²) in [5, 5.41) is 3.31. The summed E-state index contributed by atoms with van der Waals surface area (Å²) >= 11 is 0. The van der Waals surface area contributed by atoms with Crippen molar-refractivity contribution in [3.63, 3.8) is 0 Å². The van der Waals surface area contributed by atoms with Crippen LogP contribution in [0.3, 0.4) is 0 Å². The molecule has 0 aliphatic heterocycles. The molecule has 15 heavy (non-hydrogen) atoms. The summed E-state index contributed by atoms with van der Waals surface area (Å²) in [5.74, 6) is -0.185. The van der Waals surface area contributed by atoms with Gasteiger partial charge in [0.15, 0.2) is 0 Å². The van der Waals surface area contributed by atoms with E-state index in [2.05, 4.69) is 18.8 Å². The summed E-state index contributed by atoms with van der Waals surface area (Å²) < 4.78 is 13.2. The lowest BCUT2D eigenvalue weighted by Crippen LogP contribution is -2.20. The van der Waals surface area contributed by atoms with E-state index >= 15 is 0 Å². The third-order valence-corrected chi connectivity index (χ3v) is 2.27. The number of hydrogen-bond acceptors (Lipinski definition) is 1. The van der Waals surface area contributed by atoms with E-state index in [-0.39, 0.29) is 11.9 Å². The first-order chi connectivity index (χ1) is 7.17. The van der Waals surface area contributed by atoms with Crippen LogP contribution in [-0.2, 0) is 0 Å². The van der Waals surface area contributed by atoms with Crippen molar-refractivity contribution in [1.82, 2.24) is 5.32 Å². The molecule has 0 saturated heterocycles. The van der Waals surface area contributed by atoms with Gasteiger partial charge in [0, 0.05) is 0 Å². The van der Waals surface area contributed by atoms with Gasteiger partial charge in [-0.2, -0.15) is 0 Å². The van der Waals surface area contributed by atoms with Gasteiger partial charge < -0.3 is 5.32 Å². The zero-order valence-electron chi connectivity index (χ0n) is 9.39. The molecule has 0 aliphatic rings. The predicted octanol–water partition coefficient (Wildman–Crippen LogP) is 3.36. The second kappa shape index (κ2) is 5.66. The molecule has 0 saturated carbocycles. The maximum absolute atomic E-state index is 13.2. The maximum atomic E-state index is 13.2. The van der Waals surface area contributed by atoms with Crippen molar-refractivity contribution in [2.24, 2.45) is 0 Å². The van der Waals surface area contributed by atoms with Crippen molar-refractivity contribution in [1.29, 1.82) is 0 Å². The molecule has 1 nitrogen and oxygen atoms in total. The molecule has 1 unspecified atom stereocenters. The number of benzene rings is 1. The molecule has 1 N–H and O–H groups in total. The molecule has 0 bridgehead atoms. The van der Waals surface area contributed by atoms with E-state index in [4.69, 9.17) is 0 Å². The van der Waals surface area contributed by atoms with Crippen molar-refractivity contribution in [2.75, 3.05) is 6.54 Å². The maximum Gasteiger partial charge on any atom is 0.123 e. The summed E-state index contributed by atoms with van der Waals surface area (Å²) in [6, 6.07) is 5.11. The van der Waals surface area contributed by atoms with Gasteiger partial charge in [-0.15, -0.1) is 6.58 Å². The molecule has 0 aliphatic carbocycles. The zero-order valence-corrected chi connectivity index (χ0v) is 9.39. The van der Waals surface area contributed by atoms with Gasteiger partial charge in [0.05, 0.1) is 6.04 Å². The van der Waals surface area contributed by atoms with Gasteiger partial charge in [-0.25, -0.2) is 4.39 Å². The van der Waals surface area contributed by atoms with E-state index in [0.717, 1.165) is 24.1 Å². The van der Waals surface area contributed by atoms with E-state index in [0.29, 0.717) is 0 Å². The van der Waals surface area contributed by atoms with Crippen LogP contribution in [0.4, 0.5) is 4.39 Å². The average Bonchev–Trinajstić information content (AvgIpc) is 2.17. The van der Waals surface area contributed by atoms with Gasteiger partial charge >= 0.3 is 0 Å².